The number of nitrogens with two attached hydrogens (primary N) is 1. The van der Waals surface area contributed by atoms with Gasteiger partial charge in [0.05, 0.1) is 11.1 Å². The molecule has 1 aliphatic heterocycles. The van der Waals surface area contributed by atoms with Crippen molar-refractivity contribution in [1.82, 2.24) is 15.2 Å². The molecular formula is C26H31FN4O. The van der Waals surface area contributed by atoms with Gasteiger partial charge in [-0.25, -0.2) is 4.39 Å². The molecule has 2 aromatic carbocycles. The number of aryl methyl sites for hydroxylation is 1. The Bertz CT molecular complexity index is 1180. The van der Waals surface area contributed by atoms with Crippen LogP contribution in [0, 0.1) is 12.7 Å². The van der Waals surface area contributed by atoms with Crippen molar-refractivity contribution in [1.29, 1.82) is 0 Å². The maximum absolute atomic E-state index is 14.4. The SMILES string of the molecule is Cc1c(F)cccc1-c1ccc(C(N)=O)c2[nH]c3c(c12)CC(NC1CCN(C)CC1)CC3. The fourth-order valence-electron chi connectivity index (χ4n) is 5.51. The molecule has 5 nitrogen and oxygen atoms in total. The zero-order valence-corrected chi connectivity index (χ0v) is 18.8. The first-order valence-electron chi connectivity index (χ1n) is 11.6. The predicted molar refractivity (Wildman–Crippen MR) is 126 cm³/mol. The van der Waals surface area contributed by atoms with Crippen molar-refractivity contribution in [3.63, 3.8) is 0 Å². The summed E-state index contributed by atoms with van der Waals surface area (Å²) in [5.74, 6) is -0.669. The number of H-pyrrole nitrogens is 1. The first kappa shape index (κ1) is 21.2. The van der Waals surface area contributed by atoms with Gasteiger partial charge in [-0.2, -0.15) is 0 Å². The molecular weight excluding hydrogens is 403 g/mol. The monoisotopic (exact) mass is 434 g/mol. The van der Waals surface area contributed by atoms with E-state index in [2.05, 4.69) is 22.2 Å². The minimum absolute atomic E-state index is 0.221. The number of aromatic nitrogens is 1. The fourth-order valence-corrected chi connectivity index (χ4v) is 5.51. The van der Waals surface area contributed by atoms with E-state index >= 15 is 0 Å². The van der Waals surface area contributed by atoms with Crippen LogP contribution >= 0.6 is 0 Å². The molecule has 168 valence electrons. The van der Waals surface area contributed by atoms with Crippen LogP contribution in [0.5, 0.6) is 0 Å². The first-order chi connectivity index (χ1) is 15.4. The summed E-state index contributed by atoms with van der Waals surface area (Å²) in [5.41, 5.74) is 11.8. The second-order valence-electron chi connectivity index (χ2n) is 9.45. The number of amides is 1. The molecule has 1 atom stereocenters. The lowest BCUT2D eigenvalue weighted by Crippen LogP contribution is -2.46. The summed E-state index contributed by atoms with van der Waals surface area (Å²) in [6.07, 6.45) is 5.23. The van der Waals surface area contributed by atoms with E-state index in [1.165, 1.54) is 30.2 Å². The average molecular weight is 435 g/mol. The summed E-state index contributed by atoms with van der Waals surface area (Å²) in [4.78, 5) is 18.1. The van der Waals surface area contributed by atoms with Gasteiger partial charge in [0.1, 0.15) is 5.82 Å². The molecule has 1 aromatic heterocycles. The van der Waals surface area contributed by atoms with Crippen molar-refractivity contribution >= 4 is 16.8 Å². The number of benzene rings is 2. The molecule has 0 saturated carbocycles. The molecule has 1 saturated heterocycles. The van der Waals surface area contributed by atoms with E-state index in [9.17, 15) is 9.18 Å². The maximum Gasteiger partial charge on any atom is 0.250 e. The van der Waals surface area contributed by atoms with Crippen molar-refractivity contribution in [3.8, 4) is 11.1 Å². The molecule has 1 unspecified atom stereocenters. The van der Waals surface area contributed by atoms with Crippen LogP contribution in [0.1, 0.15) is 46.4 Å². The summed E-state index contributed by atoms with van der Waals surface area (Å²) in [7, 11) is 2.18. The van der Waals surface area contributed by atoms with Crippen LogP contribution in [0.3, 0.4) is 0 Å². The number of primary amides is 1. The quantitative estimate of drug-likeness (QED) is 0.583. The summed E-state index contributed by atoms with van der Waals surface area (Å²) in [6.45, 7) is 4.07. The molecule has 1 amide bonds. The van der Waals surface area contributed by atoms with E-state index < -0.39 is 5.91 Å². The third kappa shape index (κ3) is 3.71. The van der Waals surface area contributed by atoms with Gasteiger partial charge < -0.3 is 20.9 Å². The third-order valence-electron chi connectivity index (χ3n) is 7.35. The summed E-state index contributed by atoms with van der Waals surface area (Å²) in [5, 5.41) is 4.91. The number of carbonyl (C=O) groups excluding carboxylic acids is 1. The lowest BCUT2D eigenvalue weighted by Gasteiger charge is -2.34. The second kappa shape index (κ2) is 8.34. The molecule has 0 radical (unpaired) electrons. The van der Waals surface area contributed by atoms with Crippen molar-refractivity contribution < 1.29 is 9.18 Å². The van der Waals surface area contributed by atoms with Gasteiger partial charge in [-0.1, -0.05) is 18.2 Å². The van der Waals surface area contributed by atoms with Crippen molar-refractivity contribution in [2.24, 2.45) is 5.73 Å². The Hall–Kier alpha value is -2.70. The largest absolute Gasteiger partial charge is 0.366 e. The Morgan fingerprint density at radius 2 is 1.91 bits per heavy atom. The number of piperidine rings is 1. The normalized spacial score (nSPS) is 19.9. The molecule has 5 rings (SSSR count). The molecule has 3 aromatic rings. The van der Waals surface area contributed by atoms with E-state index in [4.69, 9.17) is 5.73 Å². The Balaban J connectivity index is 1.57. The van der Waals surface area contributed by atoms with Crippen molar-refractivity contribution in [2.45, 2.75) is 51.1 Å². The van der Waals surface area contributed by atoms with Gasteiger partial charge in [-0.05, 0) is 93.6 Å². The molecule has 1 aliphatic carbocycles. The van der Waals surface area contributed by atoms with E-state index in [1.807, 2.05) is 19.1 Å². The van der Waals surface area contributed by atoms with Crippen LogP contribution in [0.2, 0.25) is 0 Å². The van der Waals surface area contributed by atoms with Crippen LogP contribution in [-0.4, -0.2) is 48.0 Å². The van der Waals surface area contributed by atoms with Gasteiger partial charge in [0.2, 0.25) is 0 Å². The minimum Gasteiger partial charge on any atom is -0.366 e. The molecule has 2 heterocycles. The Morgan fingerprint density at radius 3 is 2.66 bits per heavy atom. The van der Waals surface area contributed by atoms with Gasteiger partial charge in [0, 0.05) is 23.2 Å². The number of fused-ring (bicyclic) bond motifs is 3. The first-order valence-corrected chi connectivity index (χ1v) is 11.6. The Labute approximate surface area is 188 Å². The highest BCUT2D eigenvalue weighted by Gasteiger charge is 2.28. The Kier molecular flexibility index (Phi) is 5.51. The van der Waals surface area contributed by atoms with Crippen LogP contribution in [0.4, 0.5) is 4.39 Å². The smallest absolute Gasteiger partial charge is 0.250 e. The Morgan fingerprint density at radius 1 is 1.12 bits per heavy atom. The van der Waals surface area contributed by atoms with Crippen molar-refractivity contribution in [2.75, 3.05) is 20.1 Å². The molecule has 0 spiro atoms. The number of likely N-dealkylation sites (tertiary alicyclic amines) is 1. The number of rotatable bonds is 4. The number of aromatic amines is 1. The zero-order valence-electron chi connectivity index (χ0n) is 18.8. The highest BCUT2D eigenvalue weighted by molar-refractivity contribution is 6.11. The summed E-state index contributed by atoms with van der Waals surface area (Å²) >= 11 is 0. The van der Waals surface area contributed by atoms with E-state index in [-0.39, 0.29) is 5.82 Å². The standard InChI is InChI=1S/C26H31FN4O/c1-15-18(4-3-5-22(15)27)19-7-8-20(26(28)32)25-24(19)21-14-17(6-9-23(21)30-25)29-16-10-12-31(2)13-11-16/h3-5,7-8,16-17,29-30H,6,9-14H2,1-2H3,(H2,28,32). The maximum atomic E-state index is 14.4. The number of carbonyl (C=O) groups is 1. The topological polar surface area (TPSA) is 74.1 Å². The van der Waals surface area contributed by atoms with E-state index in [0.29, 0.717) is 23.2 Å². The highest BCUT2D eigenvalue weighted by Crippen LogP contribution is 2.39. The molecule has 32 heavy (non-hydrogen) atoms. The highest BCUT2D eigenvalue weighted by atomic mass is 19.1. The average Bonchev–Trinajstić information content (AvgIpc) is 3.15. The van der Waals surface area contributed by atoms with E-state index in [1.54, 1.807) is 12.1 Å². The van der Waals surface area contributed by atoms with Crippen LogP contribution in [0.25, 0.3) is 22.0 Å². The number of nitrogens with one attached hydrogen (secondary N) is 2. The minimum atomic E-state index is -0.447. The second-order valence-corrected chi connectivity index (χ2v) is 9.45. The van der Waals surface area contributed by atoms with Crippen LogP contribution in [0.15, 0.2) is 30.3 Å². The molecule has 0 bridgehead atoms. The van der Waals surface area contributed by atoms with E-state index in [0.717, 1.165) is 54.4 Å². The molecule has 6 heteroatoms. The van der Waals surface area contributed by atoms with Gasteiger partial charge in [0.25, 0.3) is 5.91 Å². The number of nitrogens with zero attached hydrogens (tertiary/aromatic N) is 1. The summed E-state index contributed by atoms with van der Waals surface area (Å²) < 4.78 is 14.4. The van der Waals surface area contributed by atoms with Crippen LogP contribution in [-0.2, 0) is 12.8 Å². The van der Waals surface area contributed by atoms with Crippen LogP contribution < -0.4 is 11.1 Å². The fraction of sp³-hybridized carbons (Fsp3) is 0.423. The molecule has 2 aliphatic rings. The van der Waals surface area contributed by atoms with Gasteiger partial charge >= 0.3 is 0 Å². The lowest BCUT2D eigenvalue weighted by molar-refractivity contribution is 0.100. The lowest BCUT2D eigenvalue weighted by atomic mass is 9.86. The van der Waals surface area contributed by atoms with Gasteiger partial charge in [-0.3, -0.25) is 4.79 Å². The predicted octanol–water partition coefficient (Wildman–Crippen LogP) is 3.92. The van der Waals surface area contributed by atoms with Gasteiger partial charge in [0.15, 0.2) is 0 Å². The number of hydrogen-bond donors (Lipinski definition) is 3. The summed E-state index contributed by atoms with van der Waals surface area (Å²) in [6, 6.07) is 9.82. The molecule has 1 fully saturated rings. The zero-order chi connectivity index (χ0) is 22.4. The van der Waals surface area contributed by atoms with Crippen molar-refractivity contribution in [3.05, 3.63) is 58.5 Å². The van der Waals surface area contributed by atoms with Gasteiger partial charge in [-0.15, -0.1) is 0 Å². The number of halogens is 1. The molecule has 4 N–H and O–H groups in total. The number of hydrogen-bond acceptors (Lipinski definition) is 3. The third-order valence-corrected chi connectivity index (χ3v) is 7.35.